The first-order chi connectivity index (χ1) is 12.6. The van der Waals surface area contributed by atoms with Crippen molar-refractivity contribution in [3.63, 3.8) is 0 Å². The lowest BCUT2D eigenvalue weighted by molar-refractivity contribution is 0.0697. The van der Waals surface area contributed by atoms with E-state index in [9.17, 15) is 14.7 Å². The number of likely N-dealkylation sites (tertiary alicyclic amines) is 1. The topological polar surface area (TPSA) is 112 Å². The second-order valence-electron chi connectivity index (χ2n) is 6.25. The molecule has 2 N–H and O–H groups in total. The molecule has 1 aliphatic rings. The number of aromatic carboxylic acids is 1. The molecule has 1 amide bonds. The van der Waals surface area contributed by atoms with Gasteiger partial charge in [0.15, 0.2) is 11.5 Å². The molecule has 1 aromatic carbocycles. The molecule has 0 radical (unpaired) electrons. The zero-order valence-electron chi connectivity index (χ0n) is 14.0. The van der Waals surface area contributed by atoms with Gasteiger partial charge in [0.05, 0.1) is 22.7 Å². The average Bonchev–Trinajstić information content (AvgIpc) is 3.15. The molecule has 1 saturated heterocycles. The maximum atomic E-state index is 13.0. The third kappa shape index (κ3) is 2.79. The summed E-state index contributed by atoms with van der Waals surface area (Å²) in [6, 6.07) is 4.68. The molecule has 26 heavy (non-hydrogen) atoms. The molecule has 3 aromatic rings. The van der Waals surface area contributed by atoms with Crippen molar-refractivity contribution in [3.05, 3.63) is 41.7 Å². The van der Waals surface area contributed by atoms with Crippen molar-refractivity contribution < 1.29 is 14.7 Å². The molecule has 1 aliphatic heterocycles. The Morgan fingerprint density at radius 1 is 1.08 bits per heavy atom. The number of fused-ring (bicyclic) bond motifs is 1. The molecule has 0 bridgehead atoms. The van der Waals surface area contributed by atoms with Gasteiger partial charge < -0.3 is 10.0 Å². The number of H-pyrrole nitrogens is 1. The number of hydrogen-bond acceptors (Lipinski definition) is 5. The van der Waals surface area contributed by atoms with Gasteiger partial charge in [-0.1, -0.05) is 6.07 Å². The van der Waals surface area contributed by atoms with E-state index in [1.165, 1.54) is 6.07 Å². The highest BCUT2D eigenvalue weighted by molar-refractivity contribution is 6.06. The highest BCUT2D eigenvalue weighted by Gasteiger charge is 2.26. The molecule has 1 fully saturated rings. The van der Waals surface area contributed by atoms with Gasteiger partial charge in [-0.3, -0.25) is 9.89 Å². The molecule has 2 aromatic heterocycles. The monoisotopic (exact) mass is 351 g/mol. The molecule has 0 atom stereocenters. The largest absolute Gasteiger partial charge is 0.478 e. The molecule has 0 aliphatic carbocycles. The molecule has 8 nitrogen and oxygen atoms in total. The first-order valence-electron chi connectivity index (χ1n) is 8.47. The van der Waals surface area contributed by atoms with Crippen LogP contribution in [0.4, 0.5) is 0 Å². The van der Waals surface area contributed by atoms with Gasteiger partial charge in [-0.05, 0) is 31.4 Å². The van der Waals surface area contributed by atoms with Crippen LogP contribution in [0.3, 0.4) is 0 Å². The first-order valence-corrected chi connectivity index (χ1v) is 8.47. The van der Waals surface area contributed by atoms with Crippen molar-refractivity contribution in [1.82, 2.24) is 25.1 Å². The van der Waals surface area contributed by atoms with E-state index in [4.69, 9.17) is 0 Å². The van der Waals surface area contributed by atoms with Crippen LogP contribution >= 0.6 is 0 Å². The van der Waals surface area contributed by atoms with Crippen LogP contribution in [0.5, 0.6) is 0 Å². The van der Waals surface area contributed by atoms with Crippen LogP contribution in [-0.2, 0) is 0 Å². The van der Waals surface area contributed by atoms with Gasteiger partial charge in [0.2, 0.25) is 0 Å². The number of carboxylic acids is 1. The predicted octanol–water partition coefficient (Wildman–Crippen LogP) is 2.34. The number of aromatic nitrogens is 4. The van der Waals surface area contributed by atoms with Crippen LogP contribution in [0.15, 0.2) is 30.6 Å². The lowest BCUT2D eigenvalue weighted by Crippen LogP contribution is -2.36. The summed E-state index contributed by atoms with van der Waals surface area (Å²) in [6.45, 7) is 1.35. The lowest BCUT2D eigenvalue weighted by Gasteiger charge is -2.27. The van der Waals surface area contributed by atoms with Crippen LogP contribution < -0.4 is 0 Å². The summed E-state index contributed by atoms with van der Waals surface area (Å²) in [5, 5.41) is 17.0. The number of rotatable bonds is 3. The van der Waals surface area contributed by atoms with Gasteiger partial charge in [0.1, 0.15) is 0 Å². The maximum absolute atomic E-state index is 13.0. The van der Waals surface area contributed by atoms with Gasteiger partial charge >= 0.3 is 5.97 Å². The molecule has 0 unspecified atom stereocenters. The first kappa shape index (κ1) is 16.2. The van der Waals surface area contributed by atoms with Crippen molar-refractivity contribution in [3.8, 4) is 11.4 Å². The fraction of sp³-hybridized carbons (Fsp3) is 0.278. The summed E-state index contributed by atoms with van der Waals surface area (Å²) in [7, 11) is 0. The van der Waals surface area contributed by atoms with E-state index in [2.05, 4.69) is 20.2 Å². The van der Waals surface area contributed by atoms with E-state index in [0.29, 0.717) is 29.7 Å². The van der Waals surface area contributed by atoms with Crippen LogP contribution in [-0.4, -0.2) is 55.1 Å². The minimum absolute atomic E-state index is 0.00623. The Bertz CT molecular complexity index is 991. The van der Waals surface area contributed by atoms with Gasteiger partial charge in [0, 0.05) is 24.8 Å². The van der Waals surface area contributed by atoms with Gasteiger partial charge in [-0.2, -0.15) is 5.10 Å². The Balaban J connectivity index is 1.87. The van der Waals surface area contributed by atoms with Crippen LogP contribution in [0.2, 0.25) is 0 Å². The maximum Gasteiger partial charge on any atom is 0.336 e. The second-order valence-corrected chi connectivity index (χ2v) is 6.25. The summed E-state index contributed by atoms with van der Waals surface area (Å²) >= 11 is 0. The number of aromatic amines is 1. The number of nitrogens with zero attached hydrogens (tertiary/aromatic N) is 4. The van der Waals surface area contributed by atoms with Crippen LogP contribution in [0.1, 0.15) is 40.0 Å². The van der Waals surface area contributed by atoms with Crippen molar-refractivity contribution in [2.75, 3.05) is 13.1 Å². The average molecular weight is 351 g/mol. The van der Waals surface area contributed by atoms with E-state index < -0.39 is 5.97 Å². The molecular formula is C18H17N5O3. The highest BCUT2D eigenvalue weighted by Crippen LogP contribution is 2.28. The summed E-state index contributed by atoms with van der Waals surface area (Å²) in [5.74, 6) is -1.11. The molecule has 4 rings (SSSR count). The molecule has 0 spiro atoms. The Hall–Kier alpha value is -3.29. The van der Waals surface area contributed by atoms with E-state index in [-0.39, 0.29) is 22.9 Å². The fourth-order valence-electron chi connectivity index (χ4n) is 3.28. The van der Waals surface area contributed by atoms with Gasteiger partial charge in [0.25, 0.3) is 5.91 Å². The molecule has 0 saturated carbocycles. The Labute approximate surface area is 148 Å². The molecule has 3 heterocycles. The van der Waals surface area contributed by atoms with E-state index >= 15 is 0 Å². The Morgan fingerprint density at radius 3 is 2.62 bits per heavy atom. The quantitative estimate of drug-likeness (QED) is 0.749. The smallest absolute Gasteiger partial charge is 0.336 e. The van der Waals surface area contributed by atoms with Crippen LogP contribution in [0.25, 0.3) is 22.4 Å². The lowest BCUT2D eigenvalue weighted by atomic mass is 9.98. The number of amides is 1. The third-order valence-electron chi connectivity index (χ3n) is 4.58. The number of nitrogens with one attached hydrogen (secondary N) is 1. The number of benzene rings is 1. The number of piperidine rings is 1. The predicted molar refractivity (Wildman–Crippen MR) is 93.8 cm³/mol. The highest BCUT2D eigenvalue weighted by atomic mass is 16.4. The van der Waals surface area contributed by atoms with Crippen molar-refractivity contribution in [2.45, 2.75) is 19.3 Å². The zero-order chi connectivity index (χ0) is 18.1. The van der Waals surface area contributed by atoms with E-state index in [0.717, 1.165) is 19.3 Å². The third-order valence-corrected chi connectivity index (χ3v) is 4.58. The SMILES string of the molecule is O=C(O)c1cccc(C(=O)N2CCCCC2)c1-c1ncc2cn[nH]c2n1. The molecule has 132 valence electrons. The summed E-state index contributed by atoms with van der Waals surface area (Å²) < 4.78 is 0. The Morgan fingerprint density at radius 2 is 1.85 bits per heavy atom. The number of carboxylic acid groups (broad SMARTS) is 1. The summed E-state index contributed by atoms with van der Waals surface area (Å²) in [6.07, 6.45) is 6.16. The van der Waals surface area contributed by atoms with Gasteiger partial charge in [-0.15, -0.1) is 0 Å². The standard InChI is InChI=1S/C18H17N5O3/c24-17(23-7-2-1-3-8-23)12-5-4-6-13(18(25)26)14(12)16-19-9-11-10-20-22-15(11)21-16/h4-6,9-10H,1-3,7-8H2,(H,25,26)(H,19,20,21,22). The Kier molecular flexibility index (Phi) is 4.08. The minimum atomic E-state index is -1.12. The summed E-state index contributed by atoms with van der Waals surface area (Å²) in [4.78, 5) is 35.2. The van der Waals surface area contributed by atoms with Crippen molar-refractivity contribution in [1.29, 1.82) is 0 Å². The molecule has 8 heteroatoms. The molecular weight excluding hydrogens is 334 g/mol. The second kappa shape index (κ2) is 6.55. The zero-order valence-corrected chi connectivity index (χ0v) is 14.0. The van der Waals surface area contributed by atoms with Crippen LogP contribution in [0, 0.1) is 0 Å². The number of carbonyl (C=O) groups excluding carboxylic acids is 1. The fourth-order valence-corrected chi connectivity index (χ4v) is 3.28. The number of carbonyl (C=O) groups is 2. The van der Waals surface area contributed by atoms with E-state index in [1.807, 2.05) is 0 Å². The number of hydrogen-bond donors (Lipinski definition) is 2. The van der Waals surface area contributed by atoms with Gasteiger partial charge in [-0.25, -0.2) is 14.8 Å². The van der Waals surface area contributed by atoms with Crippen molar-refractivity contribution in [2.24, 2.45) is 0 Å². The van der Waals surface area contributed by atoms with Crippen molar-refractivity contribution >= 4 is 22.9 Å². The van der Waals surface area contributed by atoms with E-state index in [1.54, 1.807) is 29.4 Å². The summed E-state index contributed by atoms with van der Waals surface area (Å²) in [5.41, 5.74) is 1.05. The normalized spacial score (nSPS) is 14.5. The minimum Gasteiger partial charge on any atom is -0.478 e.